The molecule has 0 bridgehead atoms. The molecule has 2 aromatic rings. The van der Waals surface area contributed by atoms with Crippen LogP contribution in [0.5, 0.6) is 0 Å². The van der Waals surface area contributed by atoms with E-state index < -0.39 is 11.6 Å². The highest BCUT2D eigenvalue weighted by molar-refractivity contribution is 5.77. The largest absolute Gasteiger partial charge is 0.356 e. The molecule has 0 aliphatic rings. The second kappa shape index (κ2) is 3.34. The summed E-state index contributed by atoms with van der Waals surface area (Å²) in [5.41, 5.74) is 5.35. The smallest absolute Gasteiger partial charge is 0.172 e. The molecule has 0 saturated carbocycles. The SMILES string of the molecule is NCCc1c(F)cc2oncc2c1F. The van der Waals surface area contributed by atoms with Crippen molar-refractivity contribution in [3.8, 4) is 0 Å². The number of halogens is 2. The molecule has 0 fully saturated rings. The molecular formula is C9H8F2N2O. The van der Waals surface area contributed by atoms with E-state index in [1.807, 2.05) is 0 Å². The van der Waals surface area contributed by atoms with Gasteiger partial charge in [0.25, 0.3) is 0 Å². The highest BCUT2D eigenvalue weighted by Gasteiger charge is 2.15. The minimum Gasteiger partial charge on any atom is -0.356 e. The van der Waals surface area contributed by atoms with Crippen molar-refractivity contribution in [3.05, 3.63) is 29.5 Å². The lowest BCUT2D eigenvalue weighted by molar-refractivity contribution is 0.453. The second-order valence-corrected chi connectivity index (χ2v) is 2.93. The van der Waals surface area contributed by atoms with E-state index in [2.05, 4.69) is 9.68 Å². The molecule has 0 saturated heterocycles. The molecule has 1 heterocycles. The Kier molecular flexibility index (Phi) is 2.17. The van der Waals surface area contributed by atoms with Crippen molar-refractivity contribution in [2.24, 2.45) is 5.73 Å². The second-order valence-electron chi connectivity index (χ2n) is 2.93. The van der Waals surface area contributed by atoms with Crippen molar-refractivity contribution in [1.29, 1.82) is 0 Å². The van der Waals surface area contributed by atoms with Gasteiger partial charge in [-0.15, -0.1) is 0 Å². The van der Waals surface area contributed by atoms with E-state index in [-0.39, 0.29) is 29.5 Å². The first-order chi connectivity index (χ1) is 6.74. The van der Waals surface area contributed by atoms with E-state index in [4.69, 9.17) is 5.73 Å². The fourth-order valence-electron chi connectivity index (χ4n) is 1.36. The topological polar surface area (TPSA) is 52.0 Å². The molecule has 74 valence electrons. The van der Waals surface area contributed by atoms with Crippen molar-refractivity contribution in [3.63, 3.8) is 0 Å². The molecule has 5 heteroatoms. The summed E-state index contributed by atoms with van der Waals surface area (Å²) in [5.74, 6) is -1.27. The molecule has 2 rings (SSSR count). The van der Waals surface area contributed by atoms with Gasteiger partial charge in [-0.1, -0.05) is 5.16 Å². The normalized spacial score (nSPS) is 11.1. The van der Waals surface area contributed by atoms with Crippen LogP contribution < -0.4 is 5.73 Å². The average molecular weight is 198 g/mol. The fourth-order valence-corrected chi connectivity index (χ4v) is 1.36. The molecule has 14 heavy (non-hydrogen) atoms. The zero-order valence-corrected chi connectivity index (χ0v) is 7.26. The lowest BCUT2D eigenvalue weighted by Crippen LogP contribution is -2.06. The molecule has 1 aromatic heterocycles. The van der Waals surface area contributed by atoms with E-state index >= 15 is 0 Å². The van der Waals surface area contributed by atoms with Crippen molar-refractivity contribution in [1.82, 2.24) is 5.16 Å². The number of nitrogens with zero attached hydrogens (tertiary/aromatic N) is 1. The third-order valence-corrected chi connectivity index (χ3v) is 2.04. The predicted octanol–water partition coefficient (Wildman–Crippen LogP) is 1.61. The number of hydrogen-bond donors (Lipinski definition) is 1. The van der Waals surface area contributed by atoms with Gasteiger partial charge in [-0.3, -0.25) is 0 Å². The van der Waals surface area contributed by atoms with Crippen LogP contribution >= 0.6 is 0 Å². The van der Waals surface area contributed by atoms with Crippen LogP contribution in [0, 0.1) is 11.6 Å². The molecule has 0 aliphatic heterocycles. The maximum atomic E-state index is 13.6. The molecule has 0 aliphatic carbocycles. The number of benzene rings is 1. The molecule has 0 spiro atoms. The Hall–Kier alpha value is -1.49. The molecule has 2 N–H and O–H groups in total. The highest BCUT2D eigenvalue weighted by atomic mass is 19.1. The van der Waals surface area contributed by atoms with Gasteiger partial charge < -0.3 is 10.3 Å². The Bertz CT molecular complexity index is 467. The van der Waals surface area contributed by atoms with Crippen LogP contribution in [-0.2, 0) is 6.42 Å². The minimum atomic E-state index is -0.641. The van der Waals surface area contributed by atoms with Crippen LogP contribution in [-0.4, -0.2) is 11.7 Å². The lowest BCUT2D eigenvalue weighted by atomic mass is 10.1. The third-order valence-electron chi connectivity index (χ3n) is 2.04. The first-order valence-electron chi connectivity index (χ1n) is 4.15. The summed E-state index contributed by atoms with van der Waals surface area (Å²) in [6.45, 7) is 0.199. The van der Waals surface area contributed by atoms with Crippen LogP contribution in [0.4, 0.5) is 8.78 Å². The van der Waals surface area contributed by atoms with Gasteiger partial charge in [-0.2, -0.15) is 0 Å². The number of aromatic nitrogens is 1. The highest BCUT2D eigenvalue weighted by Crippen LogP contribution is 2.23. The number of hydrogen-bond acceptors (Lipinski definition) is 3. The Morgan fingerprint density at radius 3 is 2.93 bits per heavy atom. The summed E-state index contributed by atoms with van der Waals surface area (Å²) in [7, 11) is 0. The number of fused-ring (bicyclic) bond motifs is 1. The van der Waals surface area contributed by atoms with Gasteiger partial charge in [0.1, 0.15) is 11.6 Å². The first kappa shape index (κ1) is 9.08. The molecule has 3 nitrogen and oxygen atoms in total. The van der Waals surface area contributed by atoms with Crippen LogP contribution in [0.3, 0.4) is 0 Å². The predicted molar refractivity (Wildman–Crippen MR) is 46.7 cm³/mol. The average Bonchev–Trinajstić information content (AvgIpc) is 2.60. The van der Waals surface area contributed by atoms with Gasteiger partial charge in [-0.25, -0.2) is 8.78 Å². The maximum absolute atomic E-state index is 13.6. The molecule has 0 amide bonds. The fraction of sp³-hybridized carbons (Fsp3) is 0.222. The Labute approximate surface area is 78.5 Å². The van der Waals surface area contributed by atoms with Gasteiger partial charge in [0.2, 0.25) is 0 Å². The molecular weight excluding hydrogens is 190 g/mol. The summed E-state index contributed by atoms with van der Waals surface area (Å²) < 4.78 is 31.5. The van der Waals surface area contributed by atoms with Gasteiger partial charge >= 0.3 is 0 Å². The van der Waals surface area contributed by atoms with Gasteiger partial charge in [0.15, 0.2) is 5.58 Å². The van der Waals surface area contributed by atoms with E-state index in [1.165, 1.54) is 6.20 Å². The first-order valence-corrected chi connectivity index (χ1v) is 4.15. The van der Waals surface area contributed by atoms with E-state index in [0.29, 0.717) is 0 Å². The van der Waals surface area contributed by atoms with Gasteiger partial charge in [0, 0.05) is 11.6 Å². The summed E-state index contributed by atoms with van der Waals surface area (Å²) >= 11 is 0. The maximum Gasteiger partial charge on any atom is 0.172 e. The van der Waals surface area contributed by atoms with Crippen LogP contribution in [0.25, 0.3) is 11.0 Å². The Morgan fingerprint density at radius 1 is 1.43 bits per heavy atom. The monoisotopic (exact) mass is 198 g/mol. The van der Waals surface area contributed by atoms with Crippen molar-refractivity contribution in [2.75, 3.05) is 6.54 Å². The Balaban J connectivity index is 2.69. The standard InChI is InChI=1S/C9H8F2N2O/c10-7-3-8-6(4-13-14-8)9(11)5(7)1-2-12/h3-4H,1-2,12H2. The van der Waals surface area contributed by atoms with Gasteiger partial charge in [-0.05, 0) is 13.0 Å². The summed E-state index contributed by atoms with van der Waals surface area (Å²) in [6, 6.07) is 1.12. The quantitative estimate of drug-likeness (QED) is 0.797. The van der Waals surface area contributed by atoms with E-state index in [0.717, 1.165) is 6.07 Å². The van der Waals surface area contributed by atoms with Crippen molar-refractivity contribution < 1.29 is 13.3 Å². The molecule has 0 atom stereocenters. The van der Waals surface area contributed by atoms with Crippen LogP contribution in [0.2, 0.25) is 0 Å². The summed E-state index contributed by atoms with van der Waals surface area (Å²) in [4.78, 5) is 0. The summed E-state index contributed by atoms with van der Waals surface area (Å²) in [5, 5.41) is 3.58. The van der Waals surface area contributed by atoms with Gasteiger partial charge in [0.05, 0.1) is 11.6 Å². The third kappa shape index (κ3) is 1.26. The molecule has 0 unspecified atom stereocenters. The van der Waals surface area contributed by atoms with E-state index in [1.54, 1.807) is 0 Å². The van der Waals surface area contributed by atoms with Crippen molar-refractivity contribution in [2.45, 2.75) is 6.42 Å². The minimum absolute atomic E-state index is 0.0109. The molecule has 1 aromatic carbocycles. The van der Waals surface area contributed by atoms with Crippen LogP contribution in [0.1, 0.15) is 5.56 Å². The zero-order valence-electron chi connectivity index (χ0n) is 7.26. The van der Waals surface area contributed by atoms with Crippen molar-refractivity contribution >= 4 is 11.0 Å². The number of nitrogens with two attached hydrogens (primary N) is 1. The summed E-state index contributed by atoms with van der Waals surface area (Å²) in [6.07, 6.45) is 1.39. The van der Waals surface area contributed by atoms with Crippen LogP contribution in [0.15, 0.2) is 16.8 Å². The Morgan fingerprint density at radius 2 is 2.21 bits per heavy atom. The molecule has 0 radical (unpaired) electrons. The zero-order chi connectivity index (χ0) is 10.1. The lowest BCUT2D eigenvalue weighted by Gasteiger charge is -2.02. The number of rotatable bonds is 2. The van der Waals surface area contributed by atoms with E-state index in [9.17, 15) is 8.78 Å².